The highest BCUT2D eigenvalue weighted by molar-refractivity contribution is 9.10. The molecule has 0 fully saturated rings. The number of nitrogens with zero attached hydrogens (tertiary/aromatic N) is 3. The summed E-state index contributed by atoms with van der Waals surface area (Å²) in [6, 6.07) is 10.7. The molecular weight excluding hydrogens is 536 g/mol. The van der Waals surface area contributed by atoms with Crippen molar-refractivity contribution in [2.75, 3.05) is 10.6 Å². The van der Waals surface area contributed by atoms with Gasteiger partial charge in [0.2, 0.25) is 11.7 Å². The van der Waals surface area contributed by atoms with Crippen molar-refractivity contribution in [3.63, 3.8) is 0 Å². The molecule has 184 valence electrons. The maximum Gasteiger partial charge on any atom is 0.289 e. The Balaban J connectivity index is 2.11. The van der Waals surface area contributed by atoms with Gasteiger partial charge in [0.1, 0.15) is 11.5 Å². The number of rotatable bonds is 6. The van der Waals surface area contributed by atoms with Crippen molar-refractivity contribution < 1.29 is 13.6 Å². The molecule has 0 saturated heterocycles. The summed E-state index contributed by atoms with van der Waals surface area (Å²) >= 11 is 3.16. The molecule has 0 aliphatic rings. The number of nitrogens with one attached hydrogen (secondary N) is 2. The first-order valence-electron chi connectivity index (χ1n) is 10.7. The van der Waals surface area contributed by atoms with E-state index in [-0.39, 0.29) is 34.7 Å². The Hall–Kier alpha value is -4.12. The fourth-order valence-electron chi connectivity index (χ4n) is 3.81. The average Bonchev–Trinajstić information content (AvgIpc) is 2.82. The van der Waals surface area contributed by atoms with Crippen LogP contribution in [0.2, 0.25) is 0 Å². The summed E-state index contributed by atoms with van der Waals surface area (Å²) in [5, 5.41) is 9.48. The molecule has 0 aliphatic heterocycles. The molecule has 4 rings (SSSR count). The number of fused-ring (bicyclic) bond motifs is 1. The van der Waals surface area contributed by atoms with Gasteiger partial charge in [0.15, 0.2) is 0 Å². The van der Waals surface area contributed by atoms with E-state index in [0.717, 1.165) is 9.25 Å². The normalized spacial score (nSPS) is 10.9. The van der Waals surface area contributed by atoms with Crippen molar-refractivity contribution in [3.05, 3.63) is 91.9 Å². The summed E-state index contributed by atoms with van der Waals surface area (Å²) in [6.07, 6.45) is 1.44. The second-order valence-electron chi connectivity index (χ2n) is 7.91. The second kappa shape index (κ2) is 9.86. The van der Waals surface area contributed by atoms with Crippen LogP contribution in [-0.2, 0) is 18.4 Å². The topological polar surface area (TPSA) is 98.0 Å². The van der Waals surface area contributed by atoms with Crippen LogP contribution in [0.25, 0.3) is 22.2 Å². The Morgan fingerprint density at radius 1 is 1.17 bits per heavy atom. The smallest absolute Gasteiger partial charge is 0.289 e. The van der Waals surface area contributed by atoms with Gasteiger partial charge in [0, 0.05) is 29.7 Å². The minimum absolute atomic E-state index is 0.0102. The number of halogens is 3. The van der Waals surface area contributed by atoms with Crippen molar-refractivity contribution in [1.29, 1.82) is 0 Å². The zero-order chi connectivity index (χ0) is 26.1. The third-order valence-electron chi connectivity index (χ3n) is 5.38. The second-order valence-corrected chi connectivity index (χ2v) is 8.83. The molecule has 36 heavy (non-hydrogen) atoms. The summed E-state index contributed by atoms with van der Waals surface area (Å²) in [5.41, 5.74) is -1.23. The van der Waals surface area contributed by atoms with Crippen molar-refractivity contribution in [2.24, 2.45) is 7.05 Å². The number of hydrogen-bond acceptors (Lipinski definition) is 5. The maximum absolute atomic E-state index is 15.4. The first kappa shape index (κ1) is 25.0. The number of amides is 1. The van der Waals surface area contributed by atoms with E-state index in [9.17, 15) is 18.8 Å². The number of pyridine rings is 1. The van der Waals surface area contributed by atoms with E-state index >= 15 is 4.39 Å². The fraction of sp³-hybridized carbons (Fsp3) is 0.120. The van der Waals surface area contributed by atoms with Gasteiger partial charge < -0.3 is 15.2 Å². The minimum Gasteiger partial charge on any atom is -0.350 e. The van der Waals surface area contributed by atoms with Crippen molar-refractivity contribution in [2.45, 2.75) is 13.5 Å². The lowest BCUT2D eigenvalue weighted by Gasteiger charge is -2.18. The largest absolute Gasteiger partial charge is 0.350 e. The maximum atomic E-state index is 15.4. The molecule has 0 radical (unpaired) electrons. The molecule has 0 saturated carbocycles. The molecule has 0 spiro atoms. The van der Waals surface area contributed by atoms with E-state index in [2.05, 4.69) is 38.2 Å². The van der Waals surface area contributed by atoms with Crippen LogP contribution in [0, 0.1) is 11.6 Å². The summed E-state index contributed by atoms with van der Waals surface area (Å²) < 4.78 is 32.5. The zero-order valence-corrected chi connectivity index (χ0v) is 20.8. The van der Waals surface area contributed by atoms with E-state index in [1.54, 1.807) is 24.3 Å². The molecule has 0 unspecified atom stereocenters. The van der Waals surface area contributed by atoms with Gasteiger partial charge in [-0.05, 0) is 30.3 Å². The third kappa shape index (κ3) is 4.57. The lowest BCUT2D eigenvalue weighted by atomic mass is 10.1. The predicted octanol–water partition coefficient (Wildman–Crippen LogP) is 4.69. The van der Waals surface area contributed by atoms with Gasteiger partial charge in [0.05, 0.1) is 28.8 Å². The predicted molar refractivity (Wildman–Crippen MR) is 139 cm³/mol. The van der Waals surface area contributed by atoms with Crippen molar-refractivity contribution >= 4 is 49.8 Å². The number of carbonyl (C=O) groups excluding carboxylic acids is 1. The number of anilines is 3. The number of aryl methyl sites for hydroxylation is 1. The molecule has 0 bridgehead atoms. The van der Waals surface area contributed by atoms with Gasteiger partial charge in [-0.2, -0.15) is 9.49 Å². The Labute approximate surface area is 212 Å². The van der Waals surface area contributed by atoms with Crippen LogP contribution >= 0.6 is 15.9 Å². The molecule has 8 nitrogen and oxygen atoms in total. The number of carbonyl (C=O) groups is 1. The van der Waals surface area contributed by atoms with Crippen LogP contribution in [0.3, 0.4) is 0 Å². The van der Waals surface area contributed by atoms with Crippen LogP contribution in [0.1, 0.15) is 6.92 Å². The lowest BCUT2D eigenvalue weighted by molar-refractivity contribution is -0.114. The monoisotopic (exact) mass is 555 g/mol. The van der Waals surface area contributed by atoms with E-state index in [0.29, 0.717) is 15.7 Å². The van der Waals surface area contributed by atoms with Crippen molar-refractivity contribution in [3.8, 4) is 11.3 Å². The first-order chi connectivity index (χ1) is 17.1. The summed E-state index contributed by atoms with van der Waals surface area (Å²) in [7, 11) is 1.32. The standard InChI is InChI=1S/C25H20BrF2N5O3/c1-4-10-33-24(35)19-22(30-18-9-8-15(26)12-17(18)27)20(28)25(36)32(3)23(19)21(31-33)14-6-5-7-16(11-14)29-13(2)34/h4-9,11-12,30H,1,10H2,2-3H3,(H,29,34). The van der Waals surface area contributed by atoms with E-state index in [4.69, 9.17) is 0 Å². The van der Waals surface area contributed by atoms with Crippen LogP contribution in [0.4, 0.5) is 25.8 Å². The summed E-state index contributed by atoms with van der Waals surface area (Å²) in [4.78, 5) is 37.9. The third-order valence-corrected chi connectivity index (χ3v) is 5.87. The Kier molecular flexibility index (Phi) is 6.84. The molecule has 4 aromatic rings. The Morgan fingerprint density at radius 3 is 2.58 bits per heavy atom. The molecule has 1 amide bonds. The highest BCUT2D eigenvalue weighted by Crippen LogP contribution is 2.32. The molecule has 2 heterocycles. The molecule has 11 heteroatoms. The average molecular weight is 556 g/mol. The molecule has 0 atom stereocenters. The number of hydrogen-bond donors (Lipinski definition) is 2. The quantitative estimate of drug-likeness (QED) is 0.336. The van der Waals surface area contributed by atoms with E-state index in [1.165, 1.54) is 38.2 Å². The molecule has 0 aliphatic carbocycles. The molecule has 2 aromatic heterocycles. The van der Waals surface area contributed by atoms with Crippen LogP contribution in [0.5, 0.6) is 0 Å². The SMILES string of the molecule is C=CCn1nc(-c2cccc(NC(C)=O)c2)c2c(c(Nc3ccc(Br)cc3F)c(F)c(=O)n2C)c1=O. The molecular formula is C25H20BrF2N5O3. The molecule has 2 N–H and O–H groups in total. The molecule has 2 aromatic carbocycles. The number of aromatic nitrogens is 3. The first-order valence-corrected chi connectivity index (χ1v) is 11.5. The highest BCUT2D eigenvalue weighted by atomic mass is 79.9. The Morgan fingerprint density at radius 2 is 1.92 bits per heavy atom. The summed E-state index contributed by atoms with van der Waals surface area (Å²) in [5.74, 6) is -2.26. The van der Waals surface area contributed by atoms with Gasteiger partial charge in [-0.25, -0.2) is 9.07 Å². The van der Waals surface area contributed by atoms with Gasteiger partial charge in [0.25, 0.3) is 11.1 Å². The van der Waals surface area contributed by atoms with Gasteiger partial charge >= 0.3 is 0 Å². The van der Waals surface area contributed by atoms with Crippen LogP contribution in [-0.4, -0.2) is 20.3 Å². The van der Waals surface area contributed by atoms with Crippen LogP contribution < -0.4 is 21.8 Å². The Bertz CT molecular complexity index is 1660. The zero-order valence-electron chi connectivity index (χ0n) is 19.2. The van der Waals surface area contributed by atoms with Crippen molar-refractivity contribution in [1.82, 2.24) is 14.3 Å². The van der Waals surface area contributed by atoms with Gasteiger partial charge in [-0.3, -0.25) is 14.4 Å². The van der Waals surface area contributed by atoms with Gasteiger partial charge in [-0.1, -0.05) is 34.1 Å². The number of benzene rings is 2. The summed E-state index contributed by atoms with van der Waals surface area (Å²) in [6.45, 7) is 4.99. The van der Waals surface area contributed by atoms with E-state index < -0.39 is 28.4 Å². The van der Waals surface area contributed by atoms with Gasteiger partial charge in [-0.15, -0.1) is 6.58 Å². The minimum atomic E-state index is -1.25. The number of allylic oxidation sites excluding steroid dienone is 1. The van der Waals surface area contributed by atoms with Crippen LogP contribution in [0.15, 0.2) is 69.2 Å². The fourth-order valence-corrected chi connectivity index (χ4v) is 4.14. The lowest BCUT2D eigenvalue weighted by Crippen LogP contribution is -2.30. The highest BCUT2D eigenvalue weighted by Gasteiger charge is 2.24. The van der Waals surface area contributed by atoms with E-state index in [1.807, 2.05) is 0 Å².